The first-order valence-electron chi connectivity index (χ1n) is 7.46. The number of fused-ring (bicyclic) bond motifs is 1. The van der Waals surface area contributed by atoms with E-state index in [1.54, 1.807) is 0 Å². The Labute approximate surface area is 119 Å². The van der Waals surface area contributed by atoms with Gasteiger partial charge in [0, 0.05) is 24.5 Å². The molecule has 1 aliphatic carbocycles. The summed E-state index contributed by atoms with van der Waals surface area (Å²) in [5.74, 6) is 0.967. The van der Waals surface area contributed by atoms with Gasteiger partial charge in [-0.1, -0.05) is 30.3 Å². The molecule has 4 heteroatoms. The van der Waals surface area contributed by atoms with Crippen molar-refractivity contribution in [2.75, 3.05) is 19.8 Å². The molecular weight excluding hydrogens is 254 g/mol. The van der Waals surface area contributed by atoms with Gasteiger partial charge in [0.2, 0.25) is 0 Å². The van der Waals surface area contributed by atoms with Crippen molar-refractivity contribution in [1.82, 2.24) is 5.32 Å². The van der Waals surface area contributed by atoms with Gasteiger partial charge in [0.05, 0.1) is 25.4 Å². The number of rotatable bonds is 6. The molecule has 110 valence electrons. The zero-order chi connectivity index (χ0) is 13.9. The highest BCUT2D eigenvalue weighted by Gasteiger charge is 2.53. The van der Waals surface area contributed by atoms with E-state index in [4.69, 9.17) is 4.74 Å². The summed E-state index contributed by atoms with van der Waals surface area (Å²) >= 11 is 0. The molecule has 3 N–H and O–H groups in total. The molecule has 1 aromatic rings. The smallest absolute Gasteiger partial charge is 0.0665 e. The molecule has 4 atom stereocenters. The first-order chi connectivity index (χ1) is 9.83. The highest BCUT2D eigenvalue weighted by molar-refractivity contribution is 5.19. The van der Waals surface area contributed by atoms with Crippen molar-refractivity contribution in [1.29, 1.82) is 0 Å². The number of hydrogen-bond donors (Lipinski definition) is 3. The fourth-order valence-electron chi connectivity index (χ4n) is 3.64. The average molecular weight is 277 g/mol. The molecule has 1 heterocycles. The van der Waals surface area contributed by atoms with Gasteiger partial charge in [-0.15, -0.1) is 0 Å². The number of aliphatic hydroxyl groups is 2. The van der Waals surface area contributed by atoms with E-state index < -0.39 is 0 Å². The van der Waals surface area contributed by atoms with Crippen molar-refractivity contribution in [3.63, 3.8) is 0 Å². The Morgan fingerprint density at radius 1 is 1.20 bits per heavy atom. The zero-order valence-corrected chi connectivity index (χ0v) is 11.6. The second-order valence-electron chi connectivity index (χ2n) is 5.90. The molecule has 1 saturated heterocycles. The third-order valence-corrected chi connectivity index (χ3v) is 4.71. The maximum Gasteiger partial charge on any atom is 0.0665 e. The Hall–Kier alpha value is -0.940. The molecule has 0 spiro atoms. The molecule has 4 nitrogen and oxygen atoms in total. The summed E-state index contributed by atoms with van der Waals surface area (Å²) in [6.07, 6.45) is 2.41. The highest BCUT2D eigenvalue weighted by Crippen LogP contribution is 2.45. The van der Waals surface area contributed by atoms with E-state index in [9.17, 15) is 10.2 Å². The minimum Gasteiger partial charge on any atom is -0.395 e. The number of ether oxygens (including phenoxy) is 1. The molecule has 0 bridgehead atoms. The Morgan fingerprint density at radius 2 is 1.95 bits per heavy atom. The van der Waals surface area contributed by atoms with Crippen molar-refractivity contribution in [3.8, 4) is 0 Å². The number of benzene rings is 1. The Balaban J connectivity index is 1.67. The van der Waals surface area contributed by atoms with Crippen LogP contribution in [0.2, 0.25) is 0 Å². The van der Waals surface area contributed by atoms with E-state index in [0.717, 1.165) is 19.4 Å². The molecule has 1 aromatic carbocycles. The first-order valence-corrected chi connectivity index (χ1v) is 7.46. The second-order valence-corrected chi connectivity index (χ2v) is 5.90. The standard InChI is InChI=1S/C16H23NO3/c18-9-12(10-19)17-15-13-6-7-20-16(13)14(15)8-11-4-2-1-3-5-11/h1-5,12-19H,6-10H2/t13-,14+,15-,16-/m0/s1. The molecule has 0 aromatic heterocycles. The normalized spacial score (nSPS) is 32.1. The third kappa shape index (κ3) is 2.61. The largest absolute Gasteiger partial charge is 0.395 e. The van der Waals surface area contributed by atoms with Crippen molar-refractivity contribution < 1.29 is 14.9 Å². The van der Waals surface area contributed by atoms with E-state index in [2.05, 4.69) is 29.6 Å². The SMILES string of the molecule is OCC(CO)N[C@@H]1[C@@H](Cc2ccccc2)[C@H]2OCC[C@@H]12. The van der Waals surface area contributed by atoms with Crippen LogP contribution < -0.4 is 5.32 Å². The Morgan fingerprint density at radius 3 is 2.65 bits per heavy atom. The van der Waals surface area contributed by atoms with E-state index in [-0.39, 0.29) is 19.3 Å². The van der Waals surface area contributed by atoms with E-state index in [1.165, 1.54) is 5.56 Å². The molecule has 2 fully saturated rings. The van der Waals surface area contributed by atoms with Gasteiger partial charge in [0.25, 0.3) is 0 Å². The van der Waals surface area contributed by atoms with E-state index in [1.807, 2.05) is 6.07 Å². The minimum absolute atomic E-state index is 0.0245. The van der Waals surface area contributed by atoms with Crippen molar-refractivity contribution >= 4 is 0 Å². The average Bonchev–Trinajstić information content (AvgIpc) is 2.92. The van der Waals surface area contributed by atoms with Gasteiger partial charge in [0.1, 0.15) is 0 Å². The molecular formula is C16H23NO3. The van der Waals surface area contributed by atoms with Crippen LogP contribution in [0.3, 0.4) is 0 Å². The van der Waals surface area contributed by atoms with Crippen molar-refractivity contribution in [2.24, 2.45) is 11.8 Å². The van der Waals surface area contributed by atoms with Gasteiger partial charge in [-0.2, -0.15) is 0 Å². The number of nitrogens with one attached hydrogen (secondary N) is 1. The second kappa shape index (κ2) is 6.22. The lowest BCUT2D eigenvalue weighted by Gasteiger charge is -2.49. The lowest BCUT2D eigenvalue weighted by Crippen LogP contribution is -2.63. The number of hydrogen-bond acceptors (Lipinski definition) is 4. The van der Waals surface area contributed by atoms with Crippen LogP contribution in [0.1, 0.15) is 12.0 Å². The molecule has 0 amide bonds. The van der Waals surface area contributed by atoms with Crippen LogP contribution in [0, 0.1) is 11.8 Å². The van der Waals surface area contributed by atoms with Crippen LogP contribution in [0.5, 0.6) is 0 Å². The van der Waals surface area contributed by atoms with Gasteiger partial charge in [-0.25, -0.2) is 0 Å². The zero-order valence-electron chi connectivity index (χ0n) is 11.6. The molecule has 1 saturated carbocycles. The fraction of sp³-hybridized carbons (Fsp3) is 0.625. The van der Waals surface area contributed by atoms with Gasteiger partial charge in [-0.05, 0) is 18.4 Å². The summed E-state index contributed by atoms with van der Waals surface area (Å²) in [5.41, 5.74) is 1.32. The Kier molecular flexibility index (Phi) is 4.36. The maximum absolute atomic E-state index is 9.26. The lowest BCUT2D eigenvalue weighted by molar-refractivity contribution is -0.0628. The monoisotopic (exact) mass is 277 g/mol. The minimum atomic E-state index is -0.222. The quantitative estimate of drug-likeness (QED) is 0.712. The van der Waals surface area contributed by atoms with Crippen molar-refractivity contribution in [3.05, 3.63) is 35.9 Å². The summed E-state index contributed by atoms with van der Waals surface area (Å²) in [6.45, 7) is 0.786. The predicted molar refractivity (Wildman–Crippen MR) is 76.4 cm³/mol. The summed E-state index contributed by atoms with van der Waals surface area (Å²) < 4.78 is 5.85. The van der Waals surface area contributed by atoms with E-state index in [0.29, 0.717) is 24.0 Å². The first kappa shape index (κ1) is 14.0. The van der Waals surface area contributed by atoms with Gasteiger partial charge < -0.3 is 20.3 Å². The van der Waals surface area contributed by atoms with Crippen LogP contribution in [0.25, 0.3) is 0 Å². The summed E-state index contributed by atoms with van der Waals surface area (Å²) in [4.78, 5) is 0. The molecule has 20 heavy (non-hydrogen) atoms. The lowest BCUT2D eigenvalue weighted by atomic mass is 9.64. The van der Waals surface area contributed by atoms with Crippen LogP contribution in [-0.2, 0) is 11.2 Å². The summed E-state index contributed by atoms with van der Waals surface area (Å²) in [6, 6.07) is 10.6. The van der Waals surface area contributed by atoms with Crippen molar-refractivity contribution in [2.45, 2.75) is 31.0 Å². The van der Waals surface area contributed by atoms with E-state index >= 15 is 0 Å². The van der Waals surface area contributed by atoms with Gasteiger partial charge in [0.15, 0.2) is 0 Å². The van der Waals surface area contributed by atoms with Crippen LogP contribution in [0.15, 0.2) is 30.3 Å². The Bertz CT molecular complexity index is 421. The maximum atomic E-state index is 9.26. The topological polar surface area (TPSA) is 61.7 Å². The molecule has 1 aliphatic heterocycles. The number of aliphatic hydroxyl groups excluding tert-OH is 2. The molecule has 3 rings (SSSR count). The molecule has 2 aliphatic rings. The van der Waals surface area contributed by atoms with Crippen LogP contribution >= 0.6 is 0 Å². The molecule has 0 unspecified atom stereocenters. The highest BCUT2D eigenvalue weighted by atomic mass is 16.5. The fourth-order valence-corrected chi connectivity index (χ4v) is 3.64. The van der Waals surface area contributed by atoms with Gasteiger partial charge in [-0.3, -0.25) is 0 Å². The summed E-state index contributed by atoms with van der Waals surface area (Å²) in [5, 5.41) is 21.9. The molecule has 0 radical (unpaired) electrons. The summed E-state index contributed by atoms with van der Waals surface area (Å²) in [7, 11) is 0. The third-order valence-electron chi connectivity index (χ3n) is 4.71. The predicted octanol–water partition coefficient (Wildman–Crippen LogP) is 0.575. The van der Waals surface area contributed by atoms with Crippen LogP contribution in [-0.4, -0.2) is 48.2 Å². The van der Waals surface area contributed by atoms with Gasteiger partial charge >= 0.3 is 0 Å². The van der Waals surface area contributed by atoms with Crippen LogP contribution in [0.4, 0.5) is 0 Å².